The van der Waals surface area contributed by atoms with E-state index in [1.807, 2.05) is 6.92 Å². The number of carboxylic acids is 1. The Hall–Kier alpha value is -0.530. The molecule has 0 N–H and O–H groups in total. The molecule has 10 heavy (non-hydrogen) atoms. The molecule has 1 atom stereocenters. The van der Waals surface area contributed by atoms with E-state index in [1.54, 1.807) is 0 Å². The molecule has 0 heterocycles. The fraction of sp³-hybridized carbons (Fsp3) is 0.875. The molecule has 0 aliphatic heterocycles. The highest BCUT2D eigenvalue weighted by Gasteiger charge is 2.03. The van der Waals surface area contributed by atoms with Crippen LogP contribution >= 0.6 is 0 Å². The van der Waals surface area contributed by atoms with Crippen molar-refractivity contribution in [3.05, 3.63) is 0 Å². The van der Waals surface area contributed by atoms with Crippen molar-refractivity contribution in [2.24, 2.45) is 5.92 Å². The van der Waals surface area contributed by atoms with Crippen molar-refractivity contribution in [3.63, 3.8) is 0 Å². The second kappa shape index (κ2) is 5.27. The maximum Gasteiger partial charge on any atom is 0.0417 e. The topological polar surface area (TPSA) is 40.1 Å². The van der Waals surface area contributed by atoms with Crippen molar-refractivity contribution in [1.29, 1.82) is 0 Å². The fourth-order valence-electron chi connectivity index (χ4n) is 1.09. The van der Waals surface area contributed by atoms with Gasteiger partial charge < -0.3 is 9.90 Å². The first-order chi connectivity index (χ1) is 4.70. The minimum absolute atomic E-state index is 0.227. The Bertz CT molecular complexity index is 99.4. The lowest BCUT2D eigenvalue weighted by Gasteiger charge is -2.13. The summed E-state index contributed by atoms with van der Waals surface area (Å²) >= 11 is 0. The summed E-state index contributed by atoms with van der Waals surface area (Å²) in [6, 6.07) is 0. The van der Waals surface area contributed by atoms with E-state index in [0.29, 0.717) is 5.92 Å². The summed E-state index contributed by atoms with van der Waals surface area (Å²) < 4.78 is 0. The van der Waals surface area contributed by atoms with E-state index in [0.717, 1.165) is 19.3 Å². The number of rotatable bonds is 5. The van der Waals surface area contributed by atoms with E-state index in [4.69, 9.17) is 0 Å². The Labute approximate surface area is 62.2 Å². The van der Waals surface area contributed by atoms with Crippen LogP contribution in [0.2, 0.25) is 0 Å². The van der Waals surface area contributed by atoms with Crippen molar-refractivity contribution in [2.75, 3.05) is 0 Å². The SMILES string of the molecule is CCCC(CC)CC(=O)[O-]. The molecule has 0 rings (SSSR count). The third kappa shape index (κ3) is 4.36. The van der Waals surface area contributed by atoms with Gasteiger partial charge in [0.05, 0.1) is 0 Å². The fourth-order valence-corrected chi connectivity index (χ4v) is 1.09. The molecule has 60 valence electrons. The van der Waals surface area contributed by atoms with Gasteiger partial charge in [0.15, 0.2) is 0 Å². The predicted octanol–water partition coefficient (Wildman–Crippen LogP) is 0.953. The van der Waals surface area contributed by atoms with Crippen LogP contribution in [0.1, 0.15) is 39.5 Å². The van der Waals surface area contributed by atoms with Crippen molar-refractivity contribution in [1.82, 2.24) is 0 Å². The first-order valence-corrected chi connectivity index (χ1v) is 3.90. The van der Waals surface area contributed by atoms with Crippen molar-refractivity contribution >= 4 is 5.97 Å². The highest BCUT2D eigenvalue weighted by Crippen LogP contribution is 2.13. The van der Waals surface area contributed by atoms with Gasteiger partial charge in [0.1, 0.15) is 0 Å². The molecule has 0 aromatic rings. The molecule has 2 nitrogen and oxygen atoms in total. The van der Waals surface area contributed by atoms with E-state index in [1.165, 1.54) is 0 Å². The molecule has 0 spiro atoms. The number of aliphatic carboxylic acids is 1. The number of hydrogen-bond donors (Lipinski definition) is 0. The maximum absolute atomic E-state index is 10.1. The minimum atomic E-state index is -0.916. The lowest BCUT2D eigenvalue weighted by Crippen LogP contribution is -2.24. The standard InChI is InChI=1S/C8H16O2/c1-3-5-7(4-2)6-8(9)10/h7H,3-6H2,1-2H3,(H,9,10)/p-1. The quantitative estimate of drug-likeness (QED) is 0.575. The van der Waals surface area contributed by atoms with Crippen LogP contribution in [0.3, 0.4) is 0 Å². The van der Waals surface area contributed by atoms with Crippen LogP contribution in [0, 0.1) is 5.92 Å². The first kappa shape index (κ1) is 9.47. The van der Waals surface area contributed by atoms with Crippen molar-refractivity contribution in [2.45, 2.75) is 39.5 Å². The molecule has 0 amide bonds. The van der Waals surface area contributed by atoms with Crippen LogP contribution in [0.5, 0.6) is 0 Å². The van der Waals surface area contributed by atoms with Gasteiger partial charge in [0, 0.05) is 5.97 Å². The molecule has 0 saturated carbocycles. The Balaban J connectivity index is 3.49. The van der Waals surface area contributed by atoms with Crippen LogP contribution in [-0.2, 0) is 4.79 Å². The smallest absolute Gasteiger partial charge is 0.0417 e. The molecular formula is C8H15O2-. The Morgan fingerprint density at radius 1 is 1.50 bits per heavy atom. The molecule has 0 bridgehead atoms. The van der Waals surface area contributed by atoms with E-state index in [-0.39, 0.29) is 6.42 Å². The Kier molecular flexibility index (Phi) is 4.99. The van der Waals surface area contributed by atoms with Gasteiger partial charge in [0.2, 0.25) is 0 Å². The van der Waals surface area contributed by atoms with Crippen molar-refractivity contribution < 1.29 is 9.90 Å². The monoisotopic (exact) mass is 143 g/mol. The number of carbonyl (C=O) groups excluding carboxylic acids is 1. The normalized spacial score (nSPS) is 13.0. The van der Waals surface area contributed by atoms with E-state index in [9.17, 15) is 9.90 Å². The number of carboxylic acid groups (broad SMARTS) is 1. The maximum atomic E-state index is 10.1. The zero-order valence-electron chi connectivity index (χ0n) is 6.72. The molecule has 0 aromatic carbocycles. The summed E-state index contributed by atoms with van der Waals surface area (Å²) in [5, 5.41) is 10.1. The van der Waals surface area contributed by atoms with E-state index >= 15 is 0 Å². The molecule has 0 aliphatic rings. The third-order valence-corrected chi connectivity index (χ3v) is 1.73. The molecule has 0 aromatic heterocycles. The van der Waals surface area contributed by atoms with Gasteiger partial charge >= 0.3 is 0 Å². The van der Waals surface area contributed by atoms with Crippen LogP contribution in [0.4, 0.5) is 0 Å². The molecular weight excluding hydrogens is 128 g/mol. The summed E-state index contributed by atoms with van der Waals surface area (Å²) in [4.78, 5) is 10.1. The summed E-state index contributed by atoms with van der Waals surface area (Å²) in [5.74, 6) is -0.588. The highest BCUT2D eigenvalue weighted by molar-refractivity contribution is 5.64. The second-order valence-corrected chi connectivity index (χ2v) is 2.64. The van der Waals surface area contributed by atoms with Gasteiger partial charge in [-0.3, -0.25) is 0 Å². The van der Waals surface area contributed by atoms with Gasteiger partial charge in [-0.2, -0.15) is 0 Å². The van der Waals surface area contributed by atoms with Crippen LogP contribution in [0.15, 0.2) is 0 Å². The van der Waals surface area contributed by atoms with E-state index in [2.05, 4.69) is 6.92 Å². The Morgan fingerprint density at radius 3 is 2.40 bits per heavy atom. The molecule has 0 aliphatic carbocycles. The van der Waals surface area contributed by atoms with E-state index < -0.39 is 5.97 Å². The van der Waals surface area contributed by atoms with Crippen LogP contribution in [0.25, 0.3) is 0 Å². The molecule has 0 radical (unpaired) electrons. The number of carbonyl (C=O) groups is 1. The van der Waals surface area contributed by atoms with Gasteiger partial charge in [0.25, 0.3) is 0 Å². The average molecular weight is 143 g/mol. The van der Waals surface area contributed by atoms with Crippen molar-refractivity contribution in [3.8, 4) is 0 Å². The van der Waals surface area contributed by atoms with Gasteiger partial charge in [-0.1, -0.05) is 33.1 Å². The zero-order chi connectivity index (χ0) is 7.98. The molecule has 1 unspecified atom stereocenters. The summed E-state index contributed by atoms with van der Waals surface area (Å²) in [6.45, 7) is 4.08. The summed E-state index contributed by atoms with van der Waals surface area (Å²) in [7, 11) is 0. The van der Waals surface area contributed by atoms with Crippen LogP contribution < -0.4 is 5.11 Å². The van der Waals surface area contributed by atoms with Gasteiger partial charge in [-0.05, 0) is 12.3 Å². The highest BCUT2D eigenvalue weighted by atomic mass is 16.4. The molecule has 2 heteroatoms. The summed E-state index contributed by atoms with van der Waals surface area (Å²) in [5.41, 5.74) is 0. The lowest BCUT2D eigenvalue weighted by molar-refractivity contribution is -0.306. The summed E-state index contributed by atoms with van der Waals surface area (Å²) in [6.07, 6.45) is 3.24. The average Bonchev–Trinajstić information content (AvgIpc) is 1.86. The minimum Gasteiger partial charge on any atom is -0.550 e. The zero-order valence-corrected chi connectivity index (χ0v) is 6.72. The third-order valence-electron chi connectivity index (χ3n) is 1.73. The lowest BCUT2D eigenvalue weighted by atomic mass is 9.97. The number of hydrogen-bond acceptors (Lipinski definition) is 2. The molecule has 0 saturated heterocycles. The van der Waals surface area contributed by atoms with Crippen LogP contribution in [-0.4, -0.2) is 5.97 Å². The van der Waals surface area contributed by atoms with Gasteiger partial charge in [-0.15, -0.1) is 0 Å². The molecule has 0 fully saturated rings. The predicted molar refractivity (Wildman–Crippen MR) is 38.3 cm³/mol. The largest absolute Gasteiger partial charge is 0.550 e. The first-order valence-electron chi connectivity index (χ1n) is 3.90. The van der Waals surface area contributed by atoms with Gasteiger partial charge in [-0.25, -0.2) is 0 Å². The second-order valence-electron chi connectivity index (χ2n) is 2.64. The Morgan fingerprint density at radius 2 is 2.10 bits per heavy atom.